The van der Waals surface area contributed by atoms with Crippen LogP contribution >= 0.6 is 24.0 Å². The number of guanidine groups is 1. The Balaban J connectivity index is 0.00000484. The Morgan fingerprint density at radius 3 is 2.61 bits per heavy atom. The summed E-state index contributed by atoms with van der Waals surface area (Å²) >= 11 is 0. The molecule has 0 aliphatic heterocycles. The Bertz CT molecular complexity index is 481. The third-order valence-electron chi connectivity index (χ3n) is 2.76. The number of rotatable bonds is 7. The Kier molecular flexibility index (Phi) is 10.8. The number of hydrogen-bond acceptors (Lipinski definition) is 2. The molecular formula is C15H23F3IN3O. The van der Waals surface area contributed by atoms with Crippen molar-refractivity contribution in [3.8, 4) is 5.75 Å². The second kappa shape index (κ2) is 11.4. The number of halogens is 4. The normalized spacial score (nSPS) is 11.6. The molecule has 8 heteroatoms. The van der Waals surface area contributed by atoms with E-state index in [1.807, 2.05) is 31.2 Å². The molecule has 0 saturated heterocycles. The molecule has 0 spiro atoms. The first-order valence-corrected chi connectivity index (χ1v) is 7.17. The largest absolute Gasteiger partial charge is 0.494 e. The zero-order valence-corrected chi connectivity index (χ0v) is 15.6. The average Bonchev–Trinajstić information content (AvgIpc) is 2.48. The summed E-state index contributed by atoms with van der Waals surface area (Å²) in [5, 5.41) is 5.60. The topological polar surface area (TPSA) is 45.6 Å². The molecule has 0 unspecified atom stereocenters. The standard InChI is InChI=1S/C15H22F3N3O.HI/c1-3-9-22-13-6-4-5-12(10-13)11-21-14(19-2)20-8-7-15(16,17)18;/h4-6,10H,3,7-9,11H2,1-2H3,(H2,19,20,21);1H. The fourth-order valence-electron chi connectivity index (χ4n) is 1.69. The van der Waals surface area contributed by atoms with Crippen LogP contribution in [-0.2, 0) is 6.54 Å². The van der Waals surface area contributed by atoms with Gasteiger partial charge in [0.05, 0.1) is 13.0 Å². The van der Waals surface area contributed by atoms with Crippen LogP contribution in [0.15, 0.2) is 29.3 Å². The number of alkyl halides is 3. The minimum atomic E-state index is -4.17. The highest BCUT2D eigenvalue weighted by Crippen LogP contribution is 2.18. The number of hydrogen-bond donors (Lipinski definition) is 2. The number of nitrogens with one attached hydrogen (secondary N) is 2. The smallest absolute Gasteiger partial charge is 0.390 e. The number of benzene rings is 1. The molecule has 23 heavy (non-hydrogen) atoms. The maximum atomic E-state index is 12.1. The van der Waals surface area contributed by atoms with Gasteiger partial charge in [0, 0.05) is 20.1 Å². The van der Waals surface area contributed by atoms with Crippen LogP contribution in [0.3, 0.4) is 0 Å². The maximum absolute atomic E-state index is 12.1. The van der Waals surface area contributed by atoms with Gasteiger partial charge in [0.15, 0.2) is 5.96 Å². The van der Waals surface area contributed by atoms with Gasteiger partial charge >= 0.3 is 6.18 Å². The minimum Gasteiger partial charge on any atom is -0.494 e. The van der Waals surface area contributed by atoms with Gasteiger partial charge in [-0.3, -0.25) is 4.99 Å². The Morgan fingerprint density at radius 2 is 2.00 bits per heavy atom. The zero-order chi connectivity index (χ0) is 16.4. The maximum Gasteiger partial charge on any atom is 0.390 e. The van der Waals surface area contributed by atoms with Gasteiger partial charge in [0.1, 0.15) is 5.75 Å². The van der Waals surface area contributed by atoms with Crippen LogP contribution in [0, 0.1) is 0 Å². The number of nitrogens with zero attached hydrogens (tertiary/aromatic N) is 1. The van der Waals surface area contributed by atoms with Crippen LogP contribution in [0.4, 0.5) is 13.2 Å². The molecular weight excluding hydrogens is 422 g/mol. The molecule has 0 atom stereocenters. The first-order valence-electron chi connectivity index (χ1n) is 7.17. The quantitative estimate of drug-likeness (QED) is 0.382. The van der Waals surface area contributed by atoms with E-state index in [4.69, 9.17) is 4.74 Å². The summed E-state index contributed by atoms with van der Waals surface area (Å²) in [4.78, 5) is 3.89. The second-order valence-electron chi connectivity index (χ2n) is 4.71. The summed E-state index contributed by atoms with van der Waals surface area (Å²) in [6, 6.07) is 7.55. The van der Waals surface area contributed by atoms with Crippen LogP contribution < -0.4 is 15.4 Å². The lowest BCUT2D eigenvalue weighted by Gasteiger charge is -2.13. The summed E-state index contributed by atoms with van der Waals surface area (Å²) in [5.74, 6) is 1.12. The van der Waals surface area contributed by atoms with Crippen molar-refractivity contribution in [1.82, 2.24) is 10.6 Å². The average molecular weight is 445 g/mol. The molecule has 4 nitrogen and oxygen atoms in total. The lowest BCUT2D eigenvalue weighted by atomic mass is 10.2. The van der Waals surface area contributed by atoms with E-state index in [0.717, 1.165) is 17.7 Å². The lowest BCUT2D eigenvalue weighted by Crippen LogP contribution is -2.38. The Morgan fingerprint density at radius 1 is 1.26 bits per heavy atom. The fourth-order valence-corrected chi connectivity index (χ4v) is 1.69. The molecule has 0 fully saturated rings. The van der Waals surface area contributed by atoms with Crippen LogP contribution in [0.25, 0.3) is 0 Å². The van der Waals surface area contributed by atoms with Gasteiger partial charge in [-0.15, -0.1) is 24.0 Å². The Labute approximate surface area is 151 Å². The molecule has 0 heterocycles. The molecule has 1 aromatic rings. The van der Waals surface area contributed by atoms with E-state index in [2.05, 4.69) is 15.6 Å². The van der Waals surface area contributed by atoms with Crippen LogP contribution in [0.2, 0.25) is 0 Å². The highest BCUT2D eigenvalue weighted by atomic mass is 127. The van der Waals surface area contributed by atoms with Crippen molar-refractivity contribution in [3.05, 3.63) is 29.8 Å². The monoisotopic (exact) mass is 445 g/mol. The SMILES string of the molecule is CCCOc1cccc(CNC(=NC)NCCC(F)(F)F)c1.I. The van der Waals surface area contributed by atoms with Crippen molar-refractivity contribution < 1.29 is 17.9 Å². The van der Waals surface area contributed by atoms with Gasteiger partial charge in [-0.25, -0.2) is 0 Å². The van der Waals surface area contributed by atoms with Gasteiger partial charge in [-0.2, -0.15) is 13.2 Å². The predicted molar refractivity (Wildman–Crippen MR) is 96.5 cm³/mol. The van der Waals surface area contributed by atoms with Gasteiger partial charge in [-0.05, 0) is 24.1 Å². The first kappa shape index (κ1) is 21.8. The summed E-state index contributed by atoms with van der Waals surface area (Å²) in [7, 11) is 1.52. The Hall–Kier alpha value is -1.19. The van der Waals surface area contributed by atoms with Crippen molar-refractivity contribution in [2.75, 3.05) is 20.2 Å². The first-order chi connectivity index (χ1) is 10.4. The van der Waals surface area contributed by atoms with Crippen molar-refractivity contribution in [2.24, 2.45) is 4.99 Å². The van der Waals surface area contributed by atoms with E-state index >= 15 is 0 Å². The predicted octanol–water partition coefficient (Wildman–Crippen LogP) is 3.71. The molecule has 0 aromatic heterocycles. The molecule has 2 N–H and O–H groups in total. The van der Waals surface area contributed by atoms with E-state index in [1.165, 1.54) is 7.05 Å². The highest BCUT2D eigenvalue weighted by molar-refractivity contribution is 14.0. The molecule has 0 saturated carbocycles. The van der Waals surface area contributed by atoms with E-state index < -0.39 is 12.6 Å². The molecule has 0 radical (unpaired) electrons. The molecule has 0 aliphatic carbocycles. The zero-order valence-electron chi connectivity index (χ0n) is 13.2. The highest BCUT2D eigenvalue weighted by Gasteiger charge is 2.26. The third kappa shape index (κ3) is 10.2. The molecule has 1 rings (SSSR count). The molecule has 0 amide bonds. The fraction of sp³-hybridized carbons (Fsp3) is 0.533. The van der Waals surface area contributed by atoms with Crippen molar-refractivity contribution in [3.63, 3.8) is 0 Å². The van der Waals surface area contributed by atoms with E-state index in [-0.39, 0.29) is 30.5 Å². The second-order valence-corrected chi connectivity index (χ2v) is 4.71. The van der Waals surface area contributed by atoms with Crippen LogP contribution in [0.1, 0.15) is 25.3 Å². The van der Waals surface area contributed by atoms with Gasteiger partial charge in [0.2, 0.25) is 0 Å². The summed E-state index contributed by atoms with van der Waals surface area (Å²) in [5.41, 5.74) is 0.965. The molecule has 132 valence electrons. The minimum absolute atomic E-state index is 0. The van der Waals surface area contributed by atoms with Crippen molar-refractivity contribution in [2.45, 2.75) is 32.5 Å². The third-order valence-corrected chi connectivity index (χ3v) is 2.76. The van der Waals surface area contributed by atoms with Crippen molar-refractivity contribution >= 4 is 29.9 Å². The van der Waals surface area contributed by atoms with E-state index in [1.54, 1.807) is 0 Å². The number of ether oxygens (including phenoxy) is 1. The van der Waals surface area contributed by atoms with Crippen LogP contribution in [0.5, 0.6) is 5.75 Å². The molecule has 0 bridgehead atoms. The molecule has 0 aliphatic rings. The van der Waals surface area contributed by atoms with Gasteiger partial charge in [-0.1, -0.05) is 19.1 Å². The van der Waals surface area contributed by atoms with Crippen molar-refractivity contribution in [1.29, 1.82) is 0 Å². The van der Waals surface area contributed by atoms with Gasteiger partial charge in [0.25, 0.3) is 0 Å². The molecule has 1 aromatic carbocycles. The summed E-state index contributed by atoms with van der Waals surface area (Å²) in [6.07, 6.45) is -4.14. The van der Waals surface area contributed by atoms with Crippen LogP contribution in [-0.4, -0.2) is 32.3 Å². The van der Waals surface area contributed by atoms with E-state index in [0.29, 0.717) is 19.1 Å². The summed E-state index contributed by atoms with van der Waals surface area (Å²) in [6.45, 7) is 2.93. The van der Waals surface area contributed by atoms with E-state index in [9.17, 15) is 13.2 Å². The van der Waals surface area contributed by atoms with Gasteiger partial charge < -0.3 is 15.4 Å². The lowest BCUT2D eigenvalue weighted by molar-refractivity contribution is -0.132. The summed E-state index contributed by atoms with van der Waals surface area (Å²) < 4.78 is 41.8. The number of aliphatic imine (C=N–C) groups is 1.